The lowest BCUT2D eigenvalue weighted by Gasteiger charge is -2.51. The molecule has 1 fully saturated rings. The topological polar surface area (TPSA) is 0 Å². The Labute approximate surface area is 84.4 Å². The second-order valence-corrected chi connectivity index (χ2v) is 4.54. The van der Waals surface area contributed by atoms with E-state index in [0.29, 0.717) is 5.41 Å². The summed E-state index contributed by atoms with van der Waals surface area (Å²) in [5.41, 5.74) is 2.13. The van der Waals surface area contributed by atoms with Gasteiger partial charge < -0.3 is 0 Å². The van der Waals surface area contributed by atoms with Gasteiger partial charge in [0.25, 0.3) is 0 Å². The van der Waals surface area contributed by atoms with E-state index in [2.05, 4.69) is 40.7 Å². The number of allylic oxidation sites excluding steroid dienone is 2. The molecule has 0 aromatic heterocycles. The van der Waals surface area contributed by atoms with Crippen molar-refractivity contribution in [2.45, 2.75) is 54.9 Å². The zero-order valence-electron chi connectivity index (χ0n) is 10.4. The molecule has 0 radical (unpaired) electrons. The van der Waals surface area contributed by atoms with Crippen molar-refractivity contribution in [1.82, 2.24) is 0 Å². The first kappa shape index (κ1) is 12.7. The zero-order valence-corrected chi connectivity index (χ0v) is 10.4. The summed E-state index contributed by atoms with van der Waals surface area (Å²) in [6.45, 7) is 15.5. The van der Waals surface area contributed by atoms with Crippen LogP contribution in [0, 0.1) is 17.3 Å². The van der Waals surface area contributed by atoms with Crippen LogP contribution in [-0.2, 0) is 0 Å². The van der Waals surface area contributed by atoms with Crippen LogP contribution in [0.4, 0.5) is 0 Å². The molecule has 2 atom stereocenters. The summed E-state index contributed by atoms with van der Waals surface area (Å²) in [6.07, 6.45) is 3.65. The highest BCUT2D eigenvalue weighted by molar-refractivity contribution is 5.13. The molecule has 0 bridgehead atoms. The molecule has 0 heteroatoms. The van der Waals surface area contributed by atoms with Gasteiger partial charge >= 0.3 is 0 Å². The Kier molecular flexibility index (Phi) is 4.74. The van der Waals surface area contributed by atoms with Crippen LogP contribution in [0.1, 0.15) is 54.9 Å². The summed E-state index contributed by atoms with van der Waals surface area (Å²) < 4.78 is 0. The Bertz CT molecular complexity index is 174. The van der Waals surface area contributed by atoms with Gasteiger partial charge in [-0.25, -0.2) is 0 Å². The molecule has 0 aromatic rings. The third-order valence-corrected chi connectivity index (χ3v) is 3.76. The highest BCUT2D eigenvalue weighted by Crippen LogP contribution is 2.53. The van der Waals surface area contributed by atoms with Crippen LogP contribution in [0.3, 0.4) is 0 Å². The maximum absolute atomic E-state index is 2.39. The van der Waals surface area contributed by atoms with E-state index in [1.165, 1.54) is 6.42 Å². The molecule has 78 valence electrons. The molecule has 1 saturated carbocycles. The van der Waals surface area contributed by atoms with Crippen LogP contribution in [0.25, 0.3) is 0 Å². The van der Waals surface area contributed by atoms with Gasteiger partial charge in [0.2, 0.25) is 0 Å². The average molecular weight is 182 g/mol. The second-order valence-electron chi connectivity index (χ2n) is 4.54. The molecule has 13 heavy (non-hydrogen) atoms. The van der Waals surface area contributed by atoms with Gasteiger partial charge in [0.05, 0.1) is 0 Å². The van der Waals surface area contributed by atoms with Crippen molar-refractivity contribution < 1.29 is 0 Å². The fourth-order valence-corrected chi connectivity index (χ4v) is 2.12. The predicted octanol–water partition coefficient (Wildman–Crippen LogP) is 4.66. The van der Waals surface area contributed by atoms with Gasteiger partial charge in [-0.2, -0.15) is 0 Å². The fourth-order valence-electron chi connectivity index (χ4n) is 2.12. The van der Waals surface area contributed by atoms with E-state index in [4.69, 9.17) is 0 Å². The quantitative estimate of drug-likeness (QED) is 0.517. The van der Waals surface area contributed by atoms with E-state index in [1.807, 2.05) is 13.8 Å². The van der Waals surface area contributed by atoms with E-state index in [0.717, 1.165) is 11.8 Å². The van der Waals surface area contributed by atoms with Crippen molar-refractivity contribution in [3.8, 4) is 0 Å². The lowest BCUT2D eigenvalue weighted by atomic mass is 9.53. The van der Waals surface area contributed by atoms with E-state index >= 15 is 0 Å². The van der Waals surface area contributed by atoms with Crippen molar-refractivity contribution in [2.75, 3.05) is 0 Å². The van der Waals surface area contributed by atoms with E-state index in [-0.39, 0.29) is 0 Å². The second kappa shape index (κ2) is 4.83. The average Bonchev–Trinajstić information content (AvgIpc) is 2.16. The molecule has 0 spiro atoms. The van der Waals surface area contributed by atoms with Crippen LogP contribution >= 0.6 is 0 Å². The van der Waals surface area contributed by atoms with Gasteiger partial charge in [-0.1, -0.05) is 46.3 Å². The van der Waals surface area contributed by atoms with Crippen molar-refractivity contribution in [1.29, 1.82) is 0 Å². The Morgan fingerprint density at radius 2 is 1.77 bits per heavy atom. The molecule has 0 aliphatic heterocycles. The molecule has 0 saturated heterocycles. The van der Waals surface area contributed by atoms with Gasteiger partial charge in [-0.05, 0) is 37.5 Å². The van der Waals surface area contributed by atoms with E-state index < -0.39 is 0 Å². The van der Waals surface area contributed by atoms with Gasteiger partial charge in [-0.3, -0.25) is 0 Å². The predicted molar refractivity (Wildman–Crippen MR) is 61.8 cm³/mol. The molecular weight excluding hydrogens is 156 g/mol. The lowest BCUT2D eigenvalue weighted by Crippen LogP contribution is -2.43. The van der Waals surface area contributed by atoms with Crippen LogP contribution in [-0.4, -0.2) is 0 Å². The van der Waals surface area contributed by atoms with Crippen molar-refractivity contribution in [2.24, 2.45) is 17.3 Å². The largest absolute Gasteiger partial charge is 0.0884 e. The molecule has 0 N–H and O–H groups in total. The van der Waals surface area contributed by atoms with Crippen molar-refractivity contribution in [3.05, 3.63) is 11.6 Å². The first-order chi connectivity index (χ1) is 6.00. The SMILES string of the molecule is C/C=C(/C)C1CC(C)C1(C)C.CC. The smallest absolute Gasteiger partial charge is 0.0149 e. The molecule has 0 heterocycles. The molecule has 0 aromatic carbocycles. The highest BCUT2D eigenvalue weighted by Gasteiger charge is 2.45. The van der Waals surface area contributed by atoms with Gasteiger partial charge in [-0.15, -0.1) is 0 Å². The van der Waals surface area contributed by atoms with Crippen LogP contribution in [0.2, 0.25) is 0 Å². The maximum atomic E-state index is 2.39. The highest BCUT2D eigenvalue weighted by atomic mass is 14.5. The maximum Gasteiger partial charge on any atom is -0.0149 e. The van der Waals surface area contributed by atoms with E-state index in [1.54, 1.807) is 5.57 Å². The third kappa shape index (κ3) is 2.36. The Morgan fingerprint density at radius 1 is 1.31 bits per heavy atom. The summed E-state index contributed by atoms with van der Waals surface area (Å²) in [5.74, 6) is 1.75. The van der Waals surface area contributed by atoms with Crippen LogP contribution < -0.4 is 0 Å². The molecule has 1 rings (SSSR count). The summed E-state index contributed by atoms with van der Waals surface area (Å²) in [4.78, 5) is 0. The standard InChI is InChI=1S/C11H20.C2H6/c1-6-8(2)10-7-9(3)11(10,4)5;1-2/h6,9-10H,7H2,1-5H3;1-2H3/b8-6-;. The third-order valence-electron chi connectivity index (χ3n) is 3.76. The van der Waals surface area contributed by atoms with Gasteiger partial charge in [0.15, 0.2) is 0 Å². The minimum absolute atomic E-state index is 0.552. The first-order valence-corrected chi connectivity index (χ1v) is 5.63. The lowest BCUT2D eigenvalue weighted by molar-refractivity contribution is 0.0178. The molecule has 1 aliphatic rings. The summed E-state index contributed by atoms with van der Waals surface area (Å²) in [5, 5.41) is 0. The first-order valence-electron chi connectivity index (χ1n) is 5.63. The zero-order chi connectivity index (χ0) is 10.6. The normalized spacial score (nSPS) is 31.5. The molecule has 1 aliphatic carbocycles. The Balaban J connectivity index is 0.000000671. The molecule has 0 nitrogen and oxygen atoms in total. The van der Waals surface area contributed by atoms with Crippen LogP contribution in [0.15, 0.2) is 11.6 Å². The summed E-state index contributed by atoms with van der Waals surface area (Å²) >= 11 is 0. The Hall–Kier alpha value is -0.260. The minimum Gasteiger partial charge on any atom is -0.0884 e. The number of rotatable bonds is 1. The summed E-state index contributed by atoms with van der Waals surface area (Å²) in [7, 11) is 0. The van der Waals surface area contributed by atoms with Gasteiger partial charge in [0, 0.05) is 0 Å². The van der Waals surface area contributed by atoms with Gasteiger partial charge in [0.1, 0.15) is 0 Å². The molecular formula is C13H26. The summed E-state index contributed by atoms with van der Waals surface area (Å²) in [6, 6.07) is 0. The van der Waals surface area contributed by atoms with Crippen molar-refractivity contribution >= 4 is 0 Å². The molecule has 0 amide bonds. The number of hydrogen-bond donors (Lipinski definition) is 0. The van der Waals surface area contributed by atoms with E-state index in [9.17, 15) is 0 Å². The molecule has 2 unspecified atom stereocenters. The fraction of sp³-hybridized carbons (Fsp3) is 0.846. The Morgan fingerprint density at radius 3 is 2.00 bits per heavy atom. The monoisotopic (exact) mass is 182 g/mol. The van der Waals surface area contributed by atoms with Crippen LogP contribution in [0.5, 0.6) is 0 Å². The minimum atomic E-state index is 0.552. The van der Waals surface area contributed by atoms with Crippen molar-refractivity contribution in [3.63, 3.8) is 0 Å². The number of hydrogen-bond acceptors (Lipinski definition) is 0.